The van der Waals surface area contributed by atoms with E-state index in [0.29, 0.717) is 19.1 Å². The highest BCUT2D eigenvalue weighted by Gasteiger charge is 2.05. The molecule has 0 rings (SSSR count). The lowest BCUT2D eigenvalue weighted by molar-refractivity contribution is 0.194. The molecule has 0 spiro atoms. The normalized spacial score (nSPS) is 11.1. The Labute approximate surface area is 66.4 Å². The van der Waals surface area contributed by atoms with Gasteiger partial charge in [-0.2, -0.15) is 0 Å². The van der Waals surface area contributed by atoms with Crippen LogP contribution in [0.25, 0.3) is 0 Å². The first-order valence-electron chi connectivity index (χ1n) is 3.42. The van der Waals surface area contributed by atoms with Crippen LogP contribution in [0.15, 0.2) is 0 Å². The summed E-state index contributed by atoms with van der Waals surface area (Å²) in [6.07, 6.45) is 0.233. The number of carboxylic acid groups (broad SMARTS) is 1. The summed E-state index contributed by atoms with van der Waals surface area (Å²) in [5, 5.41) is 10.4. The van der Waals surface area contributed by atoms with Crippen LogP contribution >= 0.6 is 7.14 Å². The molecule has 5 heteroatoms. The van der Waals surface area contributed by atoms with E-state index in [1.54, 1.807) is 13.3 Å². The van der Waals surface area contributed by atoms with Gasteiger partial charge in [0.2, 0.25) is 0 Å². The van der Waals surface area contributed by atoms with Crippen molar-refractivity contribution in [2.45, 2.75) is 6.42 Å². The first-order chi connectivity index (χ1) is 4.92. The number of hydrogen-bond acceptors (Lipinski definition) is 2. The van der Waals surface area contributed by atoms with E-state index in [4.69, 9.17) is 5.11 Å². The summed E-state index contributed by atoms with van der Waals surface area (Å²) in [4.78, 5) is 9.94. The first-order valence-corrected chi connectivity index (χ1v) is 6.21. The average molecular weight is 179 g/mol. The molecule has 0 radical (unpaired) electrons. The summed E-state index contributed by atoms with van der Waals surface area (Å²) in [7, 11) is -1.96. The van der Waals surface area contributed by atoms with Crippen molar-refractivity contribution >= 4 is 13.2 Å². The predicted molar refractivity (Wildman–Crippen MR) is 45.0 cm³/mol. The van der Waals surface area contributed by atoms with E-state index >= 15 is 0 Å². The lowest BCUT2D eigenvalue weighted by Crippen LogP contribution is -2.22. The summed E-state index contributed by atoms with van der Waals surface area (Å²) in [5.74, 6) is 0. The highest BCUT2D eigenvalue weighted by molar-refractivity contribution is 7.62. The first kappa shape index (κ1) is 10.5. The number of carbonyl (C=O) groups is 1. The maximum atomic E-state index is 11.1. The van der Waals surface area contributed by atoms with Gasteiger partial charge in [-0.05, 0) is 19.8 Å². The van der Waals surface area contributed by atoms with Gasteiger partial charge >= 0.3 is 6.09 Å². The van der Waals surface area contributed by atoms with Crippen LogP contribution in [0.1, 0.15) is 6.42 Å². The smallest absolute Gasteiger partial charge is 0.404 e. The summed E-state index contributed by atoms with van der Waals surface area (Å²) >= 11 is 0. The molecule has 0 aromatic heterocycles. The van der Waals surface area contributed by atoms with Crippen molar-refractivity contribution in [2.24, 2.45) is 0 Å². The molecule has 0 aliphatic carbocycles. The minimum absolute atomic E-state index is 0.390. The van der Waals surface area contributed by atoms with Gasteiger partial charge in [0, 0.05) is 12.7 Å². The fraction of sp³-hybridized carbons (Fsp3) is 0.833. The molecule has 0 fully saturated rings. The Balaban J connectivity index is 3.29. The Morgan fingerprint density at radius 3 is 2.45 bits per heavy atom. The van der Waals surface area contributed by atoms with Crippen molar-refractivity contribution in [1.29, 1.82) is 0 Å². The highest BCUT2D eigenvalue weighted by Crippen LogP contribution is 2.35. The van der Waals surface area contributed by atoms with E-state index in [2.05, 4.69) is 5.32 Å². The fourth-order valence-electron chi connectivity index (χ4n) is 0.655. The van der Waals surface area contributed by atoms with Crippen molar-refractivity contribution in [3.05, 3.63) is 0 Å². The Morgan fingerprint density at radius 2 is 2.09 bits per heavy atom. The second-order valence-electron chi connectivity index (χ2n) is 2.88. The van der Waals surface area contributed by atoms with E-state index in [1.807, 2.05) is 0 Å². The number of nitrogens with one attached hydrogen (secondary N) is 1. The number of rotatable bonds is 4. The van der Waals surface area contributed by atoms with E-state index < -0.39 is 13.2 Å². The molecule has 0 aliphatic heterocycles. The summed E-state index contributed by atoms with van der Waals surface area (Å²) in [6.45, 7) is 3.79. The summed E-state index contributed by atoms with van der Waals surface area (Å²) in [6, 6.07) is 0. The maximum Gasteiger partial charge on any atom is 0.404 e. The minimum Gasteiger partial charge on any atom is -0.465 e. The molecule has 1 amide bonds. The highest BCUT2D eigenvalue weighted by atomic mass is 31.2. The second-order valence-corrected chi connectivity index (χ2v) is 6.48. The Kier molecular flexibility index (Phi) is 4.19. The molecule has 0 heterocycles. The van der Waals surface area contributed by atoms with Gasteiger partial charge in [-0.25, -0.2) is 4.79 Å². The van der Waals surface area contributed by atoms with Gasteiger partial charge in [0.25, 0.3) is 0 Å². The van der Waals surface area contributed by atoms with Gasteiger partial charge in [0.05, 0.1) is 7.14 Å². The zero-order valence-electron chi connectivity index (χ0n) is 6.83. The monoisotopic (exact) mass is 179 g/mol. The largest absolute Gasteiger partial charge is 0.465 e. The maximum absolute atomic E-state index is 11.1. The minimum atomic E-state index is -1.96. The Bertz CT molecular complexity index is 175. The lowest BCUT2D eigenvalue weighted by atomic mass is 10.5. The van der Waals surface area contributed by atoms with Crippen molar-refractivity contribution in [3.8, 4) is 0 Å². The Hall–Kier alpha value is -0.500. The van der Waals surface area contributed by atoms with Gasteiger partial charge in [-0.3, -0.25) is 0 Å². The molecule has 0 saturated heterocycles. The van der Waals surface area contributed by atoms with Crippen LogP contribution < -0.4 is 5.32 Å². The van der Waals surface area contributed by atoms with E-state index in [9.17, 15) is 9.36 Å². The number of amides is 1. The SMILES string of the molecule is CP(C)(=O)CCCNC(=O)O. The second kappa shape index (κ2) is 4.39. The molecule has 0 aliphatic rings. The van der Waals surface area contributed by atoms with Crippen LogP contribution in [0, 0.1) is 0 Å². The van der Waals surface area contributed by atoms with Crippen LogP contribution in [-0.2, 0) is 4.57 Å². The lowest BCUT2D eigenvalue weighted by Gasteiger charge is -2.04. The molecule has 0 unspecified atom stereocenters. The zero-order chi connectivity index (χ0) is 8.91. The van der Waals surface area contributed by atoms with Crippen molar-refractivity contribution in [3.63, 3.8) is 0 Å². The van der Waals surface area contributed by atoms with Crippen LogP contribution in [0.4, 0.5) is 4.79 Å². The quantitative estimate of drug-likeness (QED) is 0.504. The van der Waals surface area contributed by atoms with Crippen LogP contribution in [-0.4, -0.2) is 37.2 Å². The molecular formula is C6H14NO3P. The molecule has 0 bridgehead atoms. The van der Waals surface area contributed by atoms with Crippen LogP contribution in [0.2, 0.25) is 0 Å². The third-order valence-electron chi connectivity index (χ3n) is 1.15. The molecular weight excluding hydrogens is 165 g/mol. The van der Waals surface area contributed by atoms with Gasteiger partial charge in [-0.15, -0.1) is 0 Å². The molecule has 0 aromatic rings. The third-order valence-corrected chi connectivity index (χ3v) is 2.54. The zero-order valence-corrected chi connectivity index (χ0v) is 7.73. The summed E-state index contributed by atoms with van der Waals surface area (Å²) in [5.41, 5.74) is 0. The molecule has 66 valence electrons. The Morgan fingerprint density at radius 1 is 1.55 bits per heavy atom. The van der Waals surface area contributed by atoms with Gasteiger partial charge in [0.1, 0.15) is 0 Å². The molecule has 0 saturated carbocycles. The standard InChI is InChI=1S/C6H14NO3P/c1-11(2,10)5-3-4-7-6(8)9/h7H,3-5H2,1-2H3,(H,8,9). The molecule has 0 aromatic carbocycles. The fourth-order valence-corrected chi connectivity index (χ4v) is 1.57. The van der Waals surface area contributed by atoms with Crippen molar-refractivity contribution in [2.75, 3.05) is 26.0 Å². The van der Waals surface area contributed by atoms with Crippen molar-refractivity contribution in [1.82, 2.24) is 5.32 Å². The molecule has 4 nitrogen and oxygen atoms in total. The average Bonchev–Trinajstić information content (AvgIpc) is 1.78. The topological polar surface area (TPSA) is 66.4 Å². The van der Waals surface area contributed by atoms with Crippen LogP contribution in [0.3, 0.4) is 0 Å². The van der Waals surface area contributed by atoms with E-state index in [-0.39, 0.29) is 0 Å². The number of hydrogen-bond donors (Lipinski definition) is 2. The van der Waals surface area contributed by atoms with E-state index in [1.165, 1.54) is 0 Å². The molecule has 0 atom stereocenters. The molecule has 11 heavy (non-hydrogen) atoms. The van der Waals surface area contributed by atoms with Crippen LogP contribution in [0.5, 0.6) is 0 Å². The van der Waals surface area contributed by atoms with Crippen molar-refractivity contribution < 1.29 is 14.5 Å². The van der Waals surface area contributed by atoms with Gasteiger partial charge in [0.15, 0.2) is 0 Å². The summed E-state index contributed by atoms with van der Waals surface area (Å²) < 4.78 is 11.1. The molecule has 2 N–H and O–H groups in total. The predicted octanol–water partition coefficient (Wildman–Crippen LogP) is 1.27. The van der Waals surface area contributed by atoms with E-state index in [0.717, 1.165) is 0 Å². The van der Waals surface area contributed by atoms with Gasteiger partial charge < -0.3 is 15.0 Å². The van der Waals surface area contributed by atoms with Gasteiger partial charge in [-0.1, -0.05) is 0 Å². The third kappa shape index (κ3) is 9.50.